The molecule has 2 aromatic rings. The fraction of sp³-hybridized carbons (Fsp3) is 0.231. The molecule has 0 atom stereocenters. The molecule has 0 saturated heterocycles. The Morgan fingerprint density at radius 2 is 1.88 bits per heavy atom. The Morgan fingerprint density at radius 1 is 1.12 bits per heavy atom. The molecule has 0 radical (unpaired) electrons. The van der Waals surface area contributed by atoms with Crippen LogP contribution in [0, 0.1) is 13.8 Å². The van der Waals surface area contributed by atoms with Crippen molar-refractivity contribution in [3.8, 4) is 0 Å². The highest BCUT2D eigenvalue weighted by Gasteiger charge is 2.01. The topological polar surface area (TPSA) is 25.8 Å². The van der Waals surface area contributed by atoms with E-state index in [0.717, 1.165) is 10.9 Å². The Kier molecular flexibility index (Phi) is 3.57. The number of rotatable bonds is 3. The van der Waals surface area contributed by atoms with E-state index < -0.39 is 0 Å². The van der Waals surface area contributed by atoms with Gasteiger partial charge in [-0.1, -0.05) is 35.5 Å². The minimum absolute atomic E-state index is 0.836. The monoisotopic (exact) mass is 230 g/mol. The molecular formula is C13H14N2S. The summed E-state index contributed by atoms with van der Waals surface area (Å²) in [6.07, 6.45) is 3.55. The highest BCUT2D eigenvalue weighted by Crippen LogP contribution is 2.21. The minimum atomic E-state index is 0.836. The summed E-state index contributed by atoms with van der Waals surface area (Å²) in [4.78, 5) is 8.40. The summed E-state index contributed by atoms with van der Waals surface area (Å²) in [6, 6.07) is 8.37. The van der Waals surface area contributed by atoms with E-state index in [4.69, 9.17) is 0 Å². The maximum atomic E-state index is 4.20. The van der Waals surface area contributed by atoms with Gasteiger partial charge in [0.1, 0.15) is 0 Å². The maximum absolute atomic E-state index is 4.20. The van der Waals surface area contributed by atoms with Crippen LogP contribution in [0.15, 0.2) is 41.8 Å². The van der Waals surface area contributed by atoms with Crippen LogP contribution in [-0.2, 0) is 5.75 Å². The highest BCUT2D eigenvalue weighted by molar-refractivity contribution is 7.98. The number of nitrogens with zero attached hydrogens (tertiary/aromatic N) is 2. The third-order valence-corrected chi connectivity index (χ3v) is 3.33. The van der Waals surface area contributed by atoms with Gasteiger partial charge in [-0.25, -0.2) is 9.97 Å². The first kappa shape index (κ1) is 11.1. The van der Waals surface area contributed by atoms with Gasteiger partial charge in [0.25, 0.3) is 0 Å². The molecule has 16 heavy (non-hydrogen) atoms. The molecule has 3 heteroatoms. The minimum Gasteiger partial charge on any atom is -0.231 e. The zero-order valence-electron chi connectivity index (χ0n) is 9.47. The Balaban J connectivity index is 2.08. The van der Waals surface area contributed by atoms with Crippen LogP contribution in [0.2, 0.25) is 0 Å². The molecule has 82 valence electrons. The second-order valence-corrected chi connectivity index (χ2v) is 4.69. The Morgan fingerprint density at radius 3 is 2.62 bits per heavy atom. The van der Waals surface area contributed by atoms with Crippen molar-refractivity contribution in [1.82, 2.24) is 9.97 Å². The van der Waals surface area contributed by atoms with Gasteiger partial charge in [-0.3, -0.25) is 0 Å². The van der Waals surface area contributed by atoms with Crippen molar-refractivity contribution in [1.29, 1.82) is 0 Å². The van der Waals surface area contributed by atoms with Crippen LogP contribution in [0.25, 0.3) is 0 Å². The van der Waals surface area contributed by atoms with Gasteiger partial charge >= 0.3 is 0 Å². The van der Waals surface area contributed by atoms with E-state index in [1.807, 2.05) is 6.07 Å². The molecule has 1 aromatic carbocycles. The Hall–Kier alpha value is -1.35. The molecule has 0 aliphatic rings. The summed E-state index contributed by atoms with van der Waals surface area (Å²) in [5, 5.41) is 0.836. The number of aromatic nitrogens is 2. The molecule has 0 bridgehead atoms. The lowest BCUT2D eigenvalue weighted by atomic mass is 10.1. The third kappa shape index (κ3) is 2.83. The van der Waals surface area contributed by atoms with Crippen LogP contribution >= 0.6 is 11.8 Å². The van der Waals surface area contributed by atoms with Gasteiger partial charge in [0.2, 0.25) is 0 Å². The maximum Gasteiger partial charge on any atom is 0.187 e. The zero-order chi connectivity index (χ0) is 11.4. The van der Waals surface area contributed by atoms with Crippen LogP contribution in [0.3, 0.4) is 0 Å². The zero-order valence-corrected chi connectivity index (χ0v) is 10.3. The molecule has 0 unspecified atom stereocenters. The summed E-state index contributed by atoms with van der Waals surface area (Å²) in [7, 11) is 0. The molecule has 0 N–H and O–H groups in total. The summed E-state index contributed by atoms with van der Waals surface area (Å²) < 4.78 is 0. The standard InChI is InChI=1S/C13H14N2S/c1-10-4-5-11(2)12(8-10)9-16-13-14-6-3-7-15-13/h3-8H,9H2,1-2H3. The van der Waals surface area contributed by atoms with Crippen molar-refractivity contribution in [2.24, 2.45) is 0 Å². The Bertz CT molecular complexity index is 469. The first-order chi connectivity index (χ1) is 7.75. The van der Waals surface area contributed by atoms with Gasteiger partial charge in [-0.05, 0) is 31.0 Å². The van der Waals surface area contributed by atoms with Crippen molar-refractivity contribution >= 4 is 11.8 Å². The van der Waals surface area contributed by atoms with E-state index in [-0.39, 0.29) is 0 Å². The fourth-order valence-electron chi connectivity index (χ4n) is 1.46. The highest BCUT2D eigenvalue weighted by atomic mass is 32.2. The third-order valence-electron chi connectivity index (χ3n) is 2.40. The molecule has 2 rings (SSSR count). The predicted molar refractivity (Wildman–Crippen MR) is 67.5 cm³/mol. The van der Waals surface area contributed by atoms with E-state index >= 15 is 0 Å². The molecule has 0 saturated carbocycles. The van der Waals surface area contributed by atoms with Gasteiger partial charge in [0.15, 0.2) is 5.16 Å². The number of hydrogen-bond acceptors (Lipinski definition) is 3. The van der Waals surface area contributed by atoms with Crippen molar-refractivity contribution in [2.45, 2.75) is 24.8 Å². The van der Waals surface area contributed by atoms with Gasteiger partial charge in [-0.2, -0.15) is 0 Å². The second kappa shape index (κ2) is 5.12. The van der Waals surface area contributed by atoms with E-state index in [1.165, 1.54) is 16.7 Å². The summed E-state index contributed by atoms with van der Waals surface area (Å²) in [5.41, 5.74) is 3.99. The van der Waals surface area contributed by atoms with Crippen LogP contribution in [0.1, 0.15) is 16.7 Å². The SMILES string of the molecule is Cc1ccc(C)c(CSc2ncccn2)c1. The van der Waals surface area contributed by atoms with Gasteiger partial charge in [0.05, 0.1) is 0 Å². The lowest BCUT2D eigenvalue weighted by Gasteiger charge is -2.05. The smallest absolute Gasteiger partial charge is 0.187 e. The van der Waals surface area contributed by atoms with Crippen LogP contribution in [-0.4, -0.2) is 9.97 Å². The molecular weight excluding hydrogens is 216 g/mol. The summed E-state index contributed by atoms with van der Waals surface area (Å²) in [6.45, 7) is 4.26. The molecule has 0 amide bonds. The quantitative estimate of drug-likeness (QED) is 0.597. The number of thioether (sulfide) groups is 1. The van der Waals surface area contributed by atoms with E-state index in [2.05, 4.69) is 42.0 Å². The number of benzene rings is 1. The van der Waals surface area contributed by atoms with Gasteiger partial charge < -0.3 is 0 Å². The lowest BCUT2D eigenvalue weighted by molar-refractivity contribution is 0.966. The molecule has 0 fully saturated rings. The van der Waals surface area contributed by atoms with E-state index in [0.29, 0.717) is 0 Å². The van der Waals surface area contributed by atoms with Gasteiger partial charge in [-0.15, -0.1) is 0 Å². The van der Waals surface area contributed by atoms with Crippen LogP contribution in [0.4, 0.5) is 0 Å². The summed E-state index contributed by atoms with van der Waals surface area (Å²) in [5.74, 6) is 0.928. The average molecular weight is 230 g/mol. The van der Waals surface area contributed by atoms with E-state index in [1.54, 1.807) is 24.2 Å². The molecule has 1 heterocycles. The summed E-state index contributed by atoms with van der Waals surface area (Å²) >= 11 is 1.67. The molecule has 0 spiro atoms. The fourth-order valence-corrected chi connectivity index (χ4v) is 2.32. The lowest BCUT2D eigenvalue weighted by Crippen LogP contribution is -1.89. The first-order valence-electron chi connectivity index (χ1n) is 5.21. The largest absolute Gasteiger partial charge is 0.231 e. The van der Waals surface area contributed by atoms with Crippen molar-refractivity contribution in [3.63, 3.8) is 0 Å². The van der Waals surface area contributed by atoms with Crippen molar-refractivity contribution in [3.05, 3.63) is 53.3 Å². The van der Waals surface area contributed by atoms with Crippen LogP contribution in [0.5, 0.6) is 0 Å². The average Bonchev–Trinajstić information content (AvgIpc) is 2.32. The van der Waals surface area contributed by atoms with E-state index in [9.17, 15) is 0 Å². The van der Waals surface area contributed by atoms with Crippen molar-refractivity contribution < 1.29 is 0 Å². The number of hydrogen-bond donors (Lipinski definition) is 0. The first-order valence-corrected chi connectivity index (χ1v) is 6.20. The second-order valence-electron chi connectivity index (χ2n) is 3.75. The normalized spacial score (nSPS) is 10.4. The Labute approximate surface area is 100 Å². The van der Waals surface area contributed by atoms with Crippen molar-refractivity contribution in [2.75, 3.05) is 0 Å². The molecule has 0 aliphatic carbocycles. The molecule has 2 nitrogen and oxygen atoms in total. The number of aryl methyl sites for hydroxylation is 2. The van der Waals surface area contributed by atoms with Crippen LogP contribution < -0.4 is 0 Å². The predicted octanol–water partition coefficient (Wildman–Crippen LogP) is 3.39. The molecule has 1 aromatic heterocycles. The van der Waals surface area contributed by atoms with Gasteiger partial charge in [0, 0.05) is 18.1 Å². The molecule has 0 aliphatic heterocycles.